The van der Waals surface area contributed by atoms with E-state index in [9.17, 15) is 0 Å². The molecular formula is C5H5O2. The zero-order valence-corrected chi connectivity index (χ0v) is 3.97. The summed E-state index contributed by atoms with van der Waals surface area (Å²) in [7, 11) is 1.55. The summed E-state index contributed by atoms with van der Waals surface area (Å²) >= 11 is 0. The van der Waals surface area contributed by atoms with Crippen LogP contribution in [0.2, 0.25) is 0 Å². The molecule has 0 N–H and O–H groups in total. The van der Waals surface area contributed by atoms with Gasteiger partial charge in [0.1, 0.15) is 6.26 Å². The first-order valence-corrected chi connectivity index (χ1v) is 1.92. The molecule has 0 saturated carbocycles. The first kappa shape index (κ1) is 4.24. The van der Waals surface area contributed by atoms with Crippen LogP contribution in [0.15, 0.2) is 16.7 Å². The van der Waals surface area contributed by atoms with E-state index in [4.69, 9.17) is 4.42 Å². The molecule has 0 unspecified atom stereocenters. The minimum Gasteiger partial charge on any atom is -0.468 e. The van der Waals surface area contributed by atoms with E-state index in [1.807, 2.05) is 0 Å². The maximum absolute atomic E-state index is 4.70. The molecule has 0 aromatic carbocycles. The average Bonchev–Trinajstić information content (AvgIpc) is 2.14. The van der Waals surface area contributed by atoms with Gasteiger partial charge >= 0.3 is 0 Å². The van der Waals surface area contributed by atoms with Crippen LogP contribution >= 0.6 is 0 Å². The van der Waals surface area contributed by atoms with Crippen LogP contribution in [-0.4, -0.2) is 7.11 Å². The fourth-order valence-corrected chi connectivity index (χ4v) is 0.335. The van der Waals surface area contributed by atoms with E-state index in [0.29, 0.717) is 5.95 Å². The summed E-state index contributed by atoms with van der Waals surface area (Å²) in [4.78, 5) is 0. The lowest BCUT2D eigenvalue weighted by molar-refractivity contribution is 0.305. The van der Waals surface area contributed by atoms with Crippen molar-refractivity contribution in [3.05, 3.63) is 18.4 Å². The van der Waals surface area contributed by atoms with Crippen molar-refractivity contribution in [1.82, 2.24) is 0 Å². The van der Waals surface area contributed by atoms with Crippen LogP contribution in [0.4, 0.5) is 0 Å². The number of furan rings is 1. The van der Waals surface area contributed by atoms with Crippen LogP contribution < -0.4 is 4.74 Å². The highest BCUT2D eigenvalue weighted by atomic mass is 16.6. The van der Waals surface area contributed by atoms with Crippen LogP contribution in [0.5, 0.6) is 5.95 Å². The van der Waals surface area contributed by atoms with Crippen molar-refractivity contribution in [2.75, 3.05) is 7.11 Å². The normalized spacial score (nSPS) is 8.71. The third kappa shape index (κ3) is 0.738. The molecule has 1 radical (unpaired) electrons. The topological polar surface area (TPSA) is 22.4 Å². The predicted octanol–water partition coefficient (Wildman–Crippen LogP) is 1.09. The molecule has 0 saturated heterocycles. The molecule has 37 valence electrons. The molecule has 0 aliphatic heterocycles. The van der Waals surface area contributed by atoms with Gasteiger partial charge in [-0.25, -0.2) is 0 Å². The summed E-state index contributed by atoms with van der Waals surface area (Å²) in [6, 6.07) is 4.31. The molecule has 1 aromatic heterocycles. The first-order chi connectivity index (χ1) is 3.43. The molecule has 0 fully saturated rings. The fourth-order valence-electron chi connectivity index (χ4n) is 0.335. The molecule has 2 heteroatoms. The SMILES string of the molecule is COc1c[c]co1. The summed E-state index contributed by atoms with van der Waals surface area (Å²) in [5.41, 5.74) is 0. The van der Waals surface area contributed by atoms with Crippen LogP contribution in [0.3, 0.4) is 0 Å². The molecule has 7 heavy (non-hydrogen) atoms. The Bertz CT molecular complexity index is 121. The van der Waals surface area contributed by atoms with Gasteiger partial charge in [0.2, 0.25) is 0 Å². The van der Waals surface area contributed by atoms with Crippen molar-refractivity contribution in [2.24, 2.45) is 0 Å². The monoisotopic (exact) mass is 97.0 g/mol. The molecule has 1 aromatic rings. The van der Waals surface area contributed by atoms with Crippen LogP contribution in [-0.2, 0) is 0 Å². The van der Waals surface area contributed by atoms with Gasteiger partial charge in [0, 0.05) is 12.1 Å². The fraction of sp³-hybridized carbons (Fsp3) is 0.200. The van der Waals surface area contributed by atoms with E-state index >= 15 is 0 Å². The predicted molar refractivity (Wildman–Crippen MR) is 24.1 cm³/mol. The molecule has 0 atom stereocenters. The van der Waals surface area contributed by atoms with E-state index in [2.05, 4.69) is 10.8 Å². The maximum Gasteiger partial charge on any atom is 0.284 e. The van der Waals surface area contributed by atoms with Crippen LogP contribution in [0, 0.1) is 6.07 Å². The van der Waals surface area contributed by atoms with E-state index < -0.39 is 0 Å². The minimum atomic E-state index is 0.500. The third-order valence-electron chi connectivity index (χ3n) is 0.645. The summed E-state index contributed by atoms with van der Waals surface area (Å²) in [6.45, 7) is 0. The highest BCUT2D eigenvalue weighted by Crippen LogP contribution is 2.06. The largest absolute Gasteiger partial charge is 0.468 e. The maximum atomic E-state index is 4.70. The number of hydrogen-bond donors (Lipinski definition) is 0. The molecule has 0 aliphatic carbocycles. The molecule has 2 nitrogen and oxygen atoms in total. The molecule has 0 spiro atoms. The number of ether oxygens (including phenoxy) is 1. The van der Waals surface area contributed by atoms with Crippen molar-refractivity contribution in [3.8, 4) is 5.95 Å². The van der Waals surface area contributed by atoms with E-state index in [0.717, 1.165) is 0 Å². The van der Waals surface area contributed by atoms with Crippen molar-refractivity contribution in [2.45, 2.75) is 0 Å². The Morgan fingerprint density at radius 2 is 2.71 bits per heavy atom. The zero-order chi connectivity index (χ0) is 5.11. The molecular weight excluding hydrogens is 92.1 g/mol. The van der Waals surface area contributed by atoms with E-state index in [1.165, 1.54) is 6.26 Å². The molecule has 1 heterocycles. The van der Waals surface area contributed by atoms with Gasteiger partial charge in [-0.15, -0.1) is 0 Å². The zero-order valence-electron chi connectivity index (χ0n) is 3.97. The number of hydrogen-bond acceptors (Lipinski definition) is 2. The Morgan fingerprint density at radius 1 is 1.86 bits per heavy atom. The molecule has 0 bridgehead atoms. The summed E-state index contributed by atoms with van der Waals surface area (Å²) in [6.07, 6.45) is 1.44. The second kappa shape index (κ2) is 1.69. The van der Waals surface area contributed by atoms with Gasteiger partial charge in [-0.1, -0.05) is 0 Å². The Labute approximate surface area is 41.7 Å². The highest BCUT2D eigenvalue weighted by molar-refractivity contribution is 5.01. The van der Waals surface area contributed by atoms with Crippen LogP contribution in [0.1, 0.15) is 0 Å². The van der Waals surface area contributed by atoms with Crippen molar-refractivity contribution in [3.63, 3.8) is 0 Å². The second-order valence-corrected chi connectivity index (χ2v) is 1.07. The lowest BCUT2D eigenvalue weighted by Gasteiger charge is -1.85. The molecule has 1 rings (SSSR count). The second-order valence-electron chi connectivity index (χ2n) is 1.07. The Hall–Kier alpha value is -0.920. The van der Waals surface area contributed by atoms with Gasteiger partial charge in [0.05, 0.1) is 7.11 Å². The van der Waals surface area contributed by atoms with Crippen molar-refractivity contribution in [1.29, 1.82) is 0 Å². The van der Waals surface area contributed by atoms with Crippen molar-refractivity contribution >= 4 is 0 Å². The van der Waals surface area contributed by atoms with Gasteiger partial charge < -0.3 is 9.15 Å². The minimum absolute atomic E-state index is 0.500. The van der Waals surface area contributed by atoms with Gasteiger partial charge in [0.25, 0.3) is 5.95 Å². The lowest BCUT2D eigenvalue weighted by Crippen LogP contribution is -1.74. The van der Waals surface area contributed by atoms with Gasteiger partial charge in [-0.05, 0) is 0 Å². The van der Waals surface area contributed by atoms with Gasteiger partial charge in [-0.2, -0.15) is 0 Å². The Kier molecular flexibility index (Phi) is 1.02. The quantitative estimate of drug-likeness (QED) is 0.523. The Balaban J connectivity index is 2.76. The van der Waals surface area contributed by atoms with Gasteiger partial charge in [-0.3, -0.25) is 0 Å². The van der Waals surface area contributed by atoms with Crippen molar-refractivity contribution < 1.29 is 9.15 Å². The van der Waals surface area contributed by atoms with Gasteiger partial charge in [0.15, 0.2) is 0 Å². The molecule has 0 aliphatic rings. The molecule has 0 amide bonds. The number of methoxy groups -OCH3 is 1. The first-order valence-electron chi connectivity index (χ1n) is 1.92. The summed E-state index contributed by atoms with van der Waals surface area (Å²) in [5.74, 6) is 0.500. The van der Waals surface area contributed by atoms with E-state index in [-0.39, 0.29) is 0 Å². The summed E-state index contributed by atoms with van der Waals surface area (Å²) in [5, 5.41) is 0. The van der Waals surface area contributed by atoms with E-state index in [1.54, 1.807) is 13.2 Å². The highest BCUT2D eigenvalue weighted by Gasteiger charge is 1.85. The standard InChI is InChI=1S/C5H5O2/c1-6-5-3-2-4-7-5/h3-4H,1H3. The summed E-state index contributed by atoms with van der Waals surface area (Å²) < 4.78 is 9.36. The smallest absolute Gasteiger partial charge is 0.284 e. The number of rotatable bonds is 1. The third-order valence-corrected chi connectivity index (χ3v) is 0.645. The Morgan fingerprint density at radius 3 is 3.00 bits per heavy atom. The lowest BCUT2D eigenvalue weighted by atomic mass is 10.7. The van der Waals surface area contributed by atoms with Crippen LogP contribution in [0.25, 0.3) is 0 Å². The average molecular weight is 97.1 g/mol.